The first-order chi connectivity index (χ1) is 12.5. The number of ether oxygens (including phenoxy) is 1. The number of benzene rings is 2. The number of halogens is 1. The van der Waals surface area contributed by atoms with Crippen molar-refractivity contribution in [3.63, 3.8) is 0 Å². The summed E-state index contributed by atoms with van der Waals surface area (Å²) in [4.78, 5) is 25.4. The fourth-order valence-electron chi connectivity index (χ4n) is 2.44. The summed E-state index contributed by atoms with van der Waals surface area (Å²) >= 11 is 0. The zero-order chi connectivity index (χ0) is 18.9. The van der Waals surface area contributed by atoms with Crippen LogP contribution in [0.3, 0.4) is 0 Å². The second kappa shape index (κ2) is 9.56. The van der Waals surface area contributed by atoms with Crippen LogP contribution in [0.25, 0.3) is 0 Å². The van der Waals surface area contributed by atoms with Gasteiger partial charge in [-0.25, -0.2) is 4.39 Å². The van der Waals surface area contributed by atoms with Gasteiger partial charge < -0.3 is 15.0 Å². The Morgan fingerprint density at radius 2 is 1.65 bits per heavy atom. The van der Waals surface area contributed by atoms with Crippen LogP contribution in [-0.2, 0) is 22.6 Å². The Kier molecular flexibility index (Phi) is 7.14. The Balaban J connectivity index is 1.82. The fourth-order valence-corrected chi connectivity index (χ4v) is 2.44. The minimum Gasteiger partial charge on any atom is -0.497 e. The molecule has 2 aromatic carbocycles. The number of hydrogen-bond donors (Lipinski definition) is 1. The van der Waals surface area contributed by atoms with Crippen LogP contribution in [0.5, 0.6) is 5.75 Å². The minimum atomic E-state index is -0.296. The lowest BCUT2D eigenvalue weighted by molar-refractivity contribution is -0.134. The van der Waals surface area contributed by atoms with E-state index in [1.54, 1.807) is 19.2 Å². The van der Waals surface area contributed by atoms with E-state index >= 15 is 0 Å². The summed E-state index contributed by atoms with van der Waals surface area (Å²) in [5, 5.41) is 2.80. The standard InChI is InChI=1S/C20H23FN2O3/c1-15(24)23(12-11-16-3-7-18(21)8-4-16)14-20(25)22-13-17-5-9-19(26-2)10-6-17/h3-10H,11-14H2,1-2H3,(H,22,25). The summed E-state index contributed by atoms with van der Waals surface area (Å²) in [6.45, 7) is 2.21. The Labute approximate surface area is 152 Å². The van der Waals surface area contributed by atoms with E-state index in [0.717, 1.165) is 16.9 Å². The molecule has 2 amide bonds. The Hall–Kier alpha value is -2.89. The smallest absolute Gasteiger partial charge is 0.239 e. The van der Waals surface area contributed by atoms with Crippen LogP contribution in [0.4, 0.5) is 4.39 Å². The Bertz CT molecular complexity index is 730. The van der Waals surface area contributed by atoms with E-state index in [1.165, 1.54) is 24.0 Å². The lowest BCUT2D eigenvalue weighted by atomic mass is 10.1. The number of rotatable bonds is 8. The molecule has 0 fully saturated rings. The van der Waals surface area contributed by atoms with E-state index in [2.05, 4.69) is 5.32 Å². The SMILES string of the molecule is COc1ccc(CNC(=O)CN(CCc2ccc(F)cc2)C(C)=O)cc1. The topological polar surface area (TPSA) is 58.6 Å². The van der Waals surface area contributed by atoms with Crippen molar-refractivity contribution >= 4 is 11.8 Å². The van der Waals surface area contributed by atoms with E-state index in [9.17, 15) is 14.0 Å². The van der Waals surface area contributed by atoms with Gasteiger partial charge in [0.1, 0.15) is 11.6 Å². The molecule has 0 aliphatic heterocycles. The second-order valence-corrected chi connectivity index (χ2v) is 5.94. The summed E-state index contributed by atoms with van der Waals surface area (Å²) in [6, 6.07) is 13.5. The highest BCUT2D eigenvalue weighted by Gasteiger charge is 2.13. The molecule has 0 spiro atoms. The van der Waals surface area contributed by atoms with Crippen LogP contribution in [-0.4, -0.2) is 36.9 Å². The molecule has 0 unspecified atom stereocenters. The van der Waals surface area contributed by atoms with Gasteiger partial charge in [-0.1, -0.05) is 24.3 Å². The molecule has 0 radical (unpaired) electrons. The number of nitrogens with zero attached hydrogens (tertiary/aromatic N) is 1. The fraction of sp³-hybridized carbons (Fsp3) is 0.300. The molecule has 6 heteroatoms. The van der Waals surface area contributed by atoms with E-state index in [-0.39, 0.29) is 24.2 Å². The molecule has 2 rings (SSSR count). The zero-order valence-corrected chi connectivity index (χ0v) is 15.0. The molecular formula is C20H23FN2O3. The van der Waals surface area contributed by atoms with Crippen molar-refractivity contribution in [2.75, 3.05) is 20.2 Å². The van der Waals surface area contributed by atoms with Gasteiger partial charge in [-0.3, -0.25) is 9.59 Å². The van der Waals surface area contributed by atoms with Gasteiger partial charge in [0.2, 0.25) is 11.8 Å². The third-order valence-electron chi connectivity index (χ3n) is 4.01. The predicted octanol–water partition coefficient (Wildman–Crippen LogP) is 2.54. The number of carbonyl (C=O) groups excluding carboxylic acids is 2. The van der Waals surface area contributed by atoms with Crippen LogP contribution in [0, 0.1) is 5.82 Å². The van der Waals surface area contributed by atoms with E-state index < -0.39 is 0 Å². The van der Waals surface area contributed by atoms with Gasteiger partial charge in [-0.05, 0) is 41.8 Å². The van der Waals surface area contributed by atoms with E-state index in [4.69, 9.17) is 4.74 Å². The average molecular weight is 358 g/mol. The lowest BCUT2D eigenvalue weighted by Crippen LogP contribution is -2.40. The largest absolute Gasteiger partial charge is 0.497 e. The number of carbonyl (C=O) groups is 2. The summed E-state index contributed by atoms with van der Waals surface area (Å²) < 4.78 is 18.0. The number of amides is 2. The van der Waals surface area contributed by atoms with Crippen LogP contribution in [0.15, 0.2) is 48.5 Å². The highest BCUT2D eigenvalue weighted by atomic mass is 19.1. The molecule has 0 aliphatic rings. The molecule has 0 heterocycles. The number of hydrogen-bond acceptors (Lipinski definition) is 3. The van der Waals surface area contributed by atoms with Crippen molar-refractivity contribution in [2.24, 2.45) is 0 Å². The molecule has 0 atom stereocenters. The van der Waals surface area contributed by atoms with Crippen molar-refractivity contribution in [2.45, 2.75) is 19.9 Å². The Morgan fingerprint density at radius 1 is 1.04 bits per heavy atom. The summed E-state index contributed by atoms with van der Waals surface area (Å²) in [6.07, 6.45) is 0.561. The van der Waals surface area contributed by atoms with Crippen molar-refractivity contribution in [3.05, 3.63) is 65.5 Å². The van der Waals surface area contributed by atoms with E-state index in [0.29, 0.717) is 19.5 Å². The molecular weight excluding hydrogens is 335 g/mol. The quantitative estimate of drug-likeness (QED) is 0.789. The van der Waals surface area contributed by atoms with Gasteiger partial charge in [0.05, 0.1) is 13.7 Å². The lowest BCUT2D eigenvalue weighted by Gasteiger charge is -2.20. The van der Waals surface area contributed by atoms with Crippen LogP contribution in [0.1, 0.15) is 18.1 Å². The van der Waals surface area contributed by atoms with Crippen LogP contribution >= 0.6 is 0 Å². The minimum absolute atomic E-state index is 0.00726. The summed E-state index contributed by atoms with van der Waals surface area (Å²) in [7, 11) is 1.60. The maximum atomic E-state index is 12.9. The third kappa shape index (κ3) is 6.20. The molecule has 2 aromatic rings. The second-order valence-electron chi connectivity index (χ2n) is 5.94. The van der Waals surface area contributed by atoms with Gasteiger partial charge in [-0.2, -0.15) is 0 Å². The van der Waals surface area contributed by atoms with Crippen molar-refractivity contribution in [1.29, 1.82) is 0 Å². The highest BCUT2D eigenvalue weighted by Crippen LogP contribution is 2.11. The summed E-state index contributed by atoms with van der Waals surface area (Å²) in [5.74, 6) is 0.0561. The molecule has 0 bridgehead atoms. The predicted molar refractivity (Wildman–Crippen MR) is 97.2 cm³/mol. The monoisotopic (exact) mass is 358 g/mol. The van der Waals surface area contributed by atoms with Crippen LogP contribution < -0.4 is 10.1 Å². The maximum absolute atomic E-state index is 12.9. The van der Waals surface area contributed by atoms with Gasteiger partial charge in [0.25, 0.3) is 0 Å². The maximum Gasteiger partial charge on any atom is 0.239 e. The number of nitrogens with one attached hydrogen (secondary N) is 1. The van der Waals surface area contributed by atoms with Crippen molar-refractivity contribution in [1.82, 2.24) is 10.2 Å². The molecule has 0 aliphatic carbocycles. The molecule has 5 nitrogen and oxygen atoms in total. The molecule has 0 aromatic heterocycles. The van der Waals surface area contributed by atoms with E-state index in [1.807, 2.05) is 24.3 Å². The average Bonchev–Trinajstić information content (AvgIpc) is 2.65. The molecule has 0 saturated heterocycles. The van der Waals surface area contributed by atoms with Crippen molar-refractivity contribution in [3.8, 4) is 5.75 Å². The first-order valence-electron chi connectivity index (χ1n) is 8.37. The Morgan fingerprint density at radius 3 is 2.23 bits per heavy atom. The molecule has 1 N–H and O–H groups in total. The summed E-state index contributed by atoms with van der Waals surface area (Å²) in [5.41, 5.74) is 1.86. The van der Waals surface area contributed by atoms with Gasteiger partial charge in [0, 0.05) is 20.0 Å². The number of methoxy groups -OCH3 is 1. The first kappa shape index (κ1) is 19.4. The molecule has 26 heavy (non-hydrogen) atoms. The third-order valence-corrected chi connectivity index (χ3v) is 4.01. The molecule has 0 saturated carbocycles. The first-order valence-corrected chi connectivity index (χ1v) is 8.37. The molecule has 138 valence electrons. The van der Waals surface area contributed by atoms with Crippen molar-refractivity contribution < 1.29 is 18.7 Å². The van der Waals surface area contributed by atoms with Gasteiger partial charge in [0.15, 0.2) is 0 Å². The van der Waals surface area contributed by atoms with Crippen LogP contribution in [0.2, 0.25) is 0 Å². The zero-order valence-electron chi connectivity index (χ0n) is 15.0. The van der Waals surface area contributed by atoms with Gasteiger partial charge >= 0.3 is 0 Å². The van der Waals surface area contributed by atoms with Gasteiger partial charge in [-0.15, -0.1) is 0 Å². The highest BCUT2D eigenvalue weighted by molar-refractivity contribution is 5.83. The normalized spacial score (nSPS) is 10.3.